The molecule has 0 rings (SSSR count). The van der Waals surface area contributed by atoms with E-state index in [1.54, 1.807) is 14.2 Å². The first-order valence-electron chi connectivity index (χ1n) is 2.16. The van der Waals surface area contributed by atoms with Crippen molar-refractivity contribution >= 4 is 12.4 Å². The highest BCUT2D eigenvalue weighted by Gasteiger charge is 1.77. The lowest BCUT2D eigenvalue weighted by molar-refractivity contribution is 0.0684. The topological polar surface area (TPSA) is 30.5 Å². The molecule has 0 bridgehead atoms. The first kappa shape index (κ1) is 11.0. The minimum Gasteiger partial charge on any atom is -0.383 e. The van der Waals surface area contributed by atoms with Crippen molar-refractivity contribution in [2.24, 2.45) is 0 Å². The number of hydroxylamine groups is 1. The molecular formula is C4H12ClNO2. The second-order valence-electron chi connectivity index (χ2n) is 1.09. The van der Waals surface area contributed by atoms with Crippen molar-refractivity contribution in [2.75, 3.05) is 27.4 Å². The summed E-state index contributed by atoms with van der Waals surface area (Å²) in [6.45, 7) is 1.43. The molecule has 0 amide bonds. The van der Waals surface area contributed by atoms with Crippen LogP contribution in [0.25, 0.3) is 0 Å². The summed E-state index contributed by atoms with van der Waals surface area (Å²) in [5, 5.41) is 0. The van der Waals surface area contributed by atoms with Crippen molar-refractivity contribution in [2.45, 2.75) is 0 Å². The van der Waals surface area contributed by atoms with Gasteiger partial charge in [-0.3, -0.25) is 0 Å². The molecule has 0 aromatic carbocycles. The average Bonchev–Trinajstić information content (AvgIpc) is 1.69. The molecule has 52 valence electrons. The molecule has 4 heteroatoms. The van der Waals surface area contributed by atoms with Gasteiger partial charge in [0.15, 0.2) is 0 Å². The maximum absolute atomic E-state index is 4.70. The number of halogens is 1. The van der Waals surface area contributed by atoms with Crippen molar-refractivity contribution in [3.63, 3.8) is 0 Å². The average molecular weight is 142 g/mol. The van der Waals surface area contributed by atoms with Crippen LogP contribution in [0.4, 0.5) is 0 Å². The van der Waals surface area contributed by atoms with Crippen molar-refractivity contribution in [1.29, 1.82) is 0 Å². The molecule has 0 aliphatic carbocycles. The SMILES string of the molecule is COCCNOC.Cl. The Balaban J connectivity index is 0. The molecule has 0 heterocycles. The maximum Gasteiger partial charge on any atom is 0.0610 e. The van der Waals surface area contributed by atoms with Crippen molar-refractivity contribution in [1.82, 2.24) is 5.48 Å². The quantitative estimate of drug-likeness (QED) is 0.449. The first-order valence-corrected chi connectivity index (χ1v) is 2.16. The zero-order chi connectivity index (χ0) is 5.54. The van der Waals surface area contributed by atoms with Gasteiger partial charge in [-0.15, -0.1) is 12.4 Å². The molecule has 0 atom stereocenters. The predicted molar refractivity (Wildman–Crippen MR) is 34.1 cm³/mol. The van der Waals surface area contributed by atoms with Crippen molar-refractivity contribution in [3.8, 4) is 0 Å². The Hall–Kier alpha value is 0.170. The summed E-state index contributed by atoms with van der Waals surface area (Å²) in [6, 6.07) is 0. The van der Waals surface area contributed by atoms with Gasteiger partial charge in [0.2, 0.25) is 0 Å². The van der Waals surface area contributed by atoms with E-state index < -0.39 is 0 Å². The van der Waals surface area contributed by atoms with Crippen LogP contribution in [0.1, 0.15) is 0 Å². The van der Waals surface area contributed by atoms with E-state index in [0.717, 1.165) is 6.54 Å². The van der Waals surface area contributed by atoms with E-state index in [4.69, 9.17) is 4.74 Å². The summed E-state index contributed by atoms with van der Waals surface area (Å²) in [5.74, 6) is 0. The zero-order valence-electron chi connectivity index (χ0n) is 5.14. The molecule has 0 unspecified atom stereocenters. The molecule has 0 aliphatic rings. The molecule has 0 aliphatic heterocycles. The van der Waals surface area contributed by atoms with Crippen LogP contribution >= 0.6 is 12.4 Å². The van der Waals surface area contributed by atoms with Crippen LogP contribution in [0.2, 0.25) is 0 Å². The van der Waals surface area contributed by atoms with Gasteiger partial charge >= 0.3 is 0 Å². The molecule has 0 aromatic heterocycles. The Bertz CT molecular complexity index is 33.2. The minimum atomic E-state index is 0. The Kier molecular flexibility index (Phi) is 14.1. The van der Waals surface area contributed by atoms with Crippen LogP contribution in [0.3, 0.4) is 0 Å². The molecule has 0 saturated heterocycles. The van der Waals surface area contributed by atoms with Crippen LogP contribution in [0.15, 0.2) is 0 Å². The molecular weight excluding hydrogens is 130 g/mol. The Labute approximate surface area is 55.7 Å². The molecule has 3 nitrogen and oxygen atoms in total. The highest BCUT2D eigenvalue weighted by Crippen LogP contribution is 1.61. The predicted octanol–water partition coefficient (Wildman–Crippen LogP) is 0.206. The van der Waals surface area contributed by atoms with Gasteiger partial charge in [0.25, 0.3) is 0 Å². The third kappa shape index (κ3) is 9.48. The molecule has 1 N–H and O–H groups in total. The second kappa shape index (κ2) is 10.2. The summed E-state index contributed by atoms with van der Waals surface area (Å²) in [6.07, 6.45) is 0. The largest absolute Gasteiger partial charge is 0.383 e. The van der Waals surface area contributed by atoms with Gasteiger partial charge in [-0.1, -0.05) is 0 Å². The second-order valence-corrected chi connectivity index (χ2v) is 1.09. The Morgan fingerprint density at radius 3 is 2.38 bits per heavy atom. The number of hydrogen-bond acceptors (Lipinski definition) is 3. The van der Waals surface area contributed by atoms with E-state index in [2.05, 4.69) is 10.3 Å². The van der Waals surface area contributed by atoms with Gasteiger partial charge in [-0.2, -0.15) is 0 Å². The summed E-state index contributed by atoms with van der Waals surface area (Å²) >= 11 is 0. The molecule has 0 spiro atoms. The lowest BCUT2D eigenvalue weighted by atomic mass is 10.7. The van der Waals surface area contributed by atoms with Crippen LogP contribution in [0, 0.1) is 0 Å². The fourth-order valence-corrected chi connectivity index (χ4v) is 0.246. The van der Waals surface area contributed by atoms with Gasteiger partial charge in [-0.25, -0.2) is 5.48 Å². The Morgan fingerprint density at radius 1 is 1.38 bits per heavy atom. The fraction of sp³-hybridized carbons (Fsp3) is 1.00. The monoisotopic (exact) mass is 141 g/mol. The highest BCUT2D eigenvalue weighted by atomic mass is 35.5. The van der Waals surface area contributed by atoms with Gasteiger partial charge in [0.1, 0.15) is 0 Å². The highest BCUT2D eigenvalue weighted by molar-refractivity contribution is 5.85. The minimum absolute atomic E-state index is 0. The standard InChI is InChI=1S/C4H11NO2.ClH/c1-6-4-3-5-7-2;/h5H,3-4H2,1-2H3;1H. The lowest BCUT2D eigenvalue weighted by Crippen LogP contribution is -2.16. The van der Waals surface area contributed by atoms with Gasteiger partial charge in [0.05, 0.1) is 13.7 Å². The smallest absolute Gasteiger partial charge is 0.0610 e. The third-order valence-electron chi connectivity index (χ3n) is 0.553. The van der Waals surface area contributed by atoms with Crippen molar-refractivity contribution in [3.05, 3.63) is 0 Å². The van der Waals surface area contributed by atoms with E-state index in [1.165, 1.54) is 0 Å². The van der Waals surface area contributed by atoms with E-state index in [1.807, 2.05) is 0 Å². The van der Waals surface area contributed by atoms with E-state index in [9.17, 15) is 0 Å². The number of ether oxygens (including phenoxy) is 1. The van der Waals surface area contributed by atoms with E-state index >= 15 is 0 Å². The van der Waals surface area contributed by atoms with Crippen LogP contribution in [-0.4, -0.2) is 27.4 Å². The van der Waals surface area contributed by atoms with Crippen molar-refractivity contribution < 1.29 is 9.57 Å². The molecule has 0 aromatic rings. The first-order chi connectivity index (χ1) is 3.41. The zero-order valence-corrected chi connectivity index (χ0v) is 5.96. The summed E-state index contributed by atoms with van der Waals surface area (Å²) < 4.78 is 4.70. The van der Waals surface area contributed by atoms with Crippen LogP contribution in [-0.2, 0) is 9.57 Å². The number of nitrogens with one attached hydrogen (secondary N) is 1. The van der Waals surface area contributed by atoms with Crippen LogP contribution in [0.5, 0.6) is 0 Å². The van der Waals surface area contributed by atoms with Gasteiger partial charge < -0.3 is 9.57 Å². The summed E-state index contributed by atoms with van der Waals surface area (Å²) in [5.41, 5.74) is 2.62. The normalized spacial score (nSPS) is 8.25. The van der Waals surface area contributed by atoms with E-state index in [-0.39, 0.29) is 12.4 Å². The van der Waals surface area contributed by atoms with E-state index in [0.29, 0.717) is 6.61 Å². The molecule has 0 radical (unpaired) electrons. The van der Waals surface area contributed by atoms with Gasteiger partial charge in [0, 0.05) is 13.7 Å². The Morgan fingerprint density at radius 2 is 2.00 bits per heavy atom. The van der Waals surface area contributed by atoms with Crippen LogP contribution < -0.4 is 5.48 Å². The fourth-order valence-electron chi connectivity index (χ4n) is 0.246. The number of methoxy groups -OCH3 is 1. The lowest BCUT2D eigenvalue weighted by Gasteiger charge is -1.96. The molecule has 0 saturated carbocycles. The number of hydrogen-bond donors (Lipinski definition) is 1. The number of rotatable bonds is 4. The van der Waals surface area contributed by atoms with Gasteiger partial charge in [-0.05, 0) is 0 Å². The third-order valence-corrected chi connectivity index (χ3v) is 0.553. The molecule has 0 fully saturated rings. The summed E-state index contributed by atoms with van der Waals surface area (Å²) in [7, 11) is 3.23. The molecule has 8 heavy (non-hydrogen) atoms. The maximum atomic E-state index is 4.70. The summed E-state index contributed by atoms with van der Waals surface area (Å²) in [4.78, 5) is 4.51.